The summed E-state index contributed by atoms with van der Waals surface area (Å²) in [6.07, 6.45) is 2.50. The van der Waals surface area contributed by atoms with Crippen molar-refractivity contribution in [3.8, 4) is 0 Å². The van der Waals surface area contributed by atoms with Gasteiger partial charge in [-0.15, -0.1) is 12.4 Å². The highest BCUT2D eigenvalue weighted by Gasteiger charge is 2.34. The van der Waals surface area contributed by atoms with Gasteiger partial charge in [0, 0.05) is 13.1 Å². The molecule has 3 rings (SSSR count). The molecule has 1 aliphatic carbocycles. The van der Waals surface area contributed by atoms with Crippen LogP contribution in [-0.2, 0) is 18.4 Å². The number of hydrogen-bond donors (Lipinski definition) is 2. The van der Waals surface area contributed by atoms with Crippen molar-refractivity contribution >= 4 is 12.4 Å². The molecule has 0 unspecified atom stereocenters. The van der Waals surface area contributed by atoms with E-state index >= 15 is 0 Å². The third-order valence-electron chi connectivity index (χ3n) is 3.33. The maximum atomic E-state index is 6.20. The number of nitrogens with two attached hydrogens (primary N) is 1. The molecule has 1 aromatic carbocycles. The maximum Gasteiger partial charge on any atom is 0.0662 e. The molecular formula is C11H15ClN2. The minimum atomic E-state index is -0.0788. The minimum absolute atomic E-state index is 0. The summed E-state index contributed by atoms with van der Waals surface area (Å²) in [5.41, 5.74) is 10.5. The molecule has 1 fully saturated rings. The van der Waals surface area contributed by atoms with E-state index in [9.17, 15) is 0 Å². The molecule has 0 aromatic heterocycles. The van der Waals surface area contributed by atoms with Crippen LogP contribution in [-0.4, -0.2) is 13.1 Å². The summed E-state index contributed by atoms with van der Waals surface area (Å²) < 4.78 is 0. The van der Waals surface area contributed by atoms with Crippen molar-refractivity contribution in [3.05, 3.63) is 34.9 Å². The quantitative estimate of drug-likeness (QED) is 0.725. The maximum absolute atomic E-state index is 6.20. The molecule has 2 nitrogen and oxygen atoms in total. The Labute approximate surface area is 90.3 Å². The predicted octanol–water partition coefficient (Wildman–Crippen LogP) is 0.964. The van der Waals surface area contributed by atoms with E-state index in [0.717, 1.165) is 13.1 Å². The Morgan fingerprint density at radius 3 is 2.29 bits per heavy atom. The van der Waals surface area contributed by atoms with E-state index < -0.39 is 0 Å². The molecule has 0 spiro atoms. The first kappa shape index (κ1) is 9.97. The Morgan fingerprint density at radius 1 is 1.14 bits per heavy atom. The standard InChI is InChI=1S/C11H14N2.ClH/c12-11(6-13-7-11)10-4-3-8-1-2-9(8)5-10;/h3-5,13H,1-2,6-7,12H2;1H. The molecule has 1 heterocycles. The summed E-state index contributed by atoms with van der Waals surface area (Å²) in [7, 11) is 0. The van der Waals surface area contributed by atoms with Crippen LogP contribution in [0.2, 0.25) is 0 Å². The summed E-state index contributed by atoms with van der Waals surface area (Å²) in [5, 5.41) is 3.23. The number of nitrogens with one attached hydrogen (secondary N) is 1. The SMILES string of the molecule is Cl.NC1(c2ccc3c(c2)CC3)CNC1. The lowest BCUT2D eigenvalue weighted by Crippen LogP contribution is -2.62. The molecule has 0 saturated carbocycles. The summed E-state index contributed by atoms with van der Waals surface area (Å²) in [4.78, 5) is 0. The fourth-order valence-electron chi connectivity index (χ4n) is 2.10. The van der Waals surface area contributed by atoms with Crippen LogP contribution in [0.4, 0.5) is 0 Å². The largest absolute Gasteiger partial charge is 0.319 e. The third-order valence-corrected chi connectivity index (χ3v) is 3.33. The van der Waals surface area contributed by atoms with E-state index in [1.165, 1.54) is 29.5 Å². The van der Waals surface area contributed by atoms with Gasteiger partial charge in [-0.2, -0.15) is 0 Å². The van der Waals surface area contributed by atoms with E-state index in [4.69, 9.17) is 5.73 Å². The molecular weight excluding hydrogens is 196 g/mol. The van der Waals surface area contributed by atoms with Crippen LogP contribution in [0.1, 0.15) is 16.7 Å². The second kappa shape index (κ2) is 3.23. The Hall–Kier alpha value is -0.570. The molecule has 14 heavy (non-hydrogen) atoms. The van der Waals surface area contributed by atoms with Gasteiger partial charge >= 0.3 is 0 Å². The molecule has 1 aliphatic heterocycles. The average molecular weight is 211 g/mol. The lowest BCUT2D eigenvalue weighted by Gasteiger charge is -2.40. The zero-order valence-electron chi connectivity index (χ0n) is 8.05. The topological polar surface area (TPSA) is 38.0 Å². The summed E-state index contributed by atoms with van der Waals surface area (Å²) >= 11 is 0. The van der Waals surface area contributed by atoms with E-state index in [-0.39, 0.29) is 17.9 Å². The number of hydrogen-bond acceptors (Lipinski definition) is 2. The first-order chi connectivity index (χ1) is 6.28. The lowest BCUT2D eigenvalue weighted by atomic mass is 9.80. The molecule has 3 N–H and O–H groups in total. The van der Waals surface area contributed by atoms with Gasteiger partial charge in [-0.25, -0.2) is 0 Å². The van der Waals surface area contributed by atoms with Gasteiger partial charge in [-0.1, -0.05) is 18.2 Å². The average Bonchev–Trinajstić information content (AvgIpc) is 2.03. The van der Waals surface area contributed by atoms with Crippen molar-refractivity contribution in [1.29, 1.82) is 0 Å². The highest BCUT2D eigenvalue weighted by molar-refractivity contribution is 5.85. The molecule has 2 aliphatic rings. The van der Waals surface area contributed by atoms with E-state index in [1.807, 2.05) is 0 Å². The summed E-state index contributed by atoms with van der Waals surface area (Å²) in [6, 6.07) is 6.72. The van der Waals surface area contributed by atoms with Gasteiger partial charge in [-0.05, 0) is 29.5 Å². The number of halogens is 1. The molecule has 1 aromatic rings. The van der Waals surface area contributed by atoms with E-state index in [1.54, 1.807) is 0 Å². The van der Waals surface area contributed by atoms with E-state index in [2.05, 4.69) is 23.5 Å². The van der Waals surface area contributed by atoms with Crippen molar-refractivity contribution in [2.75, 3.05) is 13.1 Å². The van der Waals surface area contributed by atoms with Crippen LogP contribution in [0, 0.1) is 0 Å². The normalized spacial score (nSPS) is 21.2. The van der Waals surface area contributed by atoms with Gasteiger partial charge in [0.1, 0.15) is 0 Å². The molecule has 1 saturated heterocycles. The Bertz CT molecular complexity index is 358. The summed E-state index contributed by atoms with van der Waals surface area (Å²) in [6.45, 7) is 1.84. The first-order valence-electron chi connectivity index (χ1n) is 4.90. The van der Waals surface area contributed by atoms with Crippen LogP contribution >= 0.6 is 12.4 Å². The third kappa shape index (κ3) is 1.26. The Kier molecular flexibility index (Phi) is 2.30. The zero-order valence-corrected chi connectivity index (χ0v) is 8.86. The molecule has 3 heteroatoms. The first-order valence-corrected chi connectivity index (χ1v) is 4.90. The Morgan fingerprint density at radius 2 is 1.86 bits per heavy atom. The lowest BCUT2D eigenvalue weighted by molar-refractivity contribution is 0.287. The molecule has 0 atom stereocenters. The molecule has 0 amide bonds. The van der Waals surface area contributed by atoms with Crippen molar-refractivity contribution in [3.63, 3.8) is 0 Å². The number of rotatable bonds is 1. The molecule has 0 radical (unpaired) electrons. The van der Waals surface area contributed by atoms with Gasteiger partial charge < -0.3 is 11.1 Å². The van der Waals surface area contributed by atoms with E-state index in [0.29, 0.717) is 0 Å². The van der Waals surface area contributed by atoms with Gasteiger partial charge in [-0.3, -0.25) is 0 Å². The van der Waals surface area contributed by atoms with Crippen molar-refractivity contribution in [2.45, 2.75) is 18.4 Å². The van der Waals surface area contributed by atoms with Gasteiger partial charge in [0.05, 0.1) is 5.54 Å². The highest BCUT2D eigenvalue weighted by atomic mass is 35.5. The minimum Gasteiger partial charge on any atom is -0.319 e. The molecule has 0 bridgehead atoms. The van der Waals surface area contributed by atoms with Crippen LogP contribution in [0.5, 0.6) is 0 Å². The fraction of sp³-hybridized carbons (Fsp3) is 0.455. The Balaban J connectivity index is 0.000000750. The fourth-order valence-corrected chi connectivity index (χ4v) is 2.10. The molecule has 76 valence electrons. The highest BCUT2D eigenvalue weighted by Crippen LogP contribution is 2.29. The van der Waals surface area contributed by atoms with Crippen LogP contribution in [0.15, 0.2) is 18.2 Å². The number of fused-ring (bicyclic) bond motifs is 1. The summed E-state index contributed by atoms with van der Waals surface area (Å²) in [5.74, 6) is 0. The van der Waals surface area contributed by atoms with Gasteiger partial charge in [0.2, 0.25) is 0 Å². The van der Waals surface area contributed by atoms with Crippen LogP contribution < -0.4 is 11.1 Å². The number of aryl methyl sites for hydroxylation is 2. The second-order valence-electron chi connectivity index (χ2n) is 4.24. The second-order valence-corrected chi connectivity index (χ2v) is 4.24. The van der Waals surface area contributed by atoms with Crippen LogP contribution in [0.25, 0.3) is 0 Å². The predicted molar refractivity (Wildman–Crippen MR) is 59.8 cm³/mol. The van der Waals surface area contributed by atoms with Gasteiger partial charge in [0.25, 0.3) is 0 Å². The zero-order chi connectivity index (χ0) is 8.89. The van der Waals surface area contributed by atoms with Crippen molar-refractivity contribution < 1.29 is 0 Å². The number of benzene rings is 1. The van der Waals surface area contributed by atoms with Crippen molar-refractivity contribution in [1.82, 2.24) is 5.32 Å². The van der Waals surface area contributed by atoms with Crippen LogP contribution in [0.3, 0.4) is 0 Å². The van der Waals surface area contributed by atoms with Crippen molar-refractivity contribution in [2.24, 2.45) is 5.73 Å². The smallest absolute Gasteiger partial charge is 0.0662 e. The monoisotopic (exact) mass is 210 g/mol. The van der Waals surface area contributed by atoms with Gasteiger partial charge in [0.15, 0.2) is 0 Å².